The zero-order valence-corrected chi connectivity index (χ0v) is 21.8. The molecule has 1 aromatic carbocycles. The van der Waals surface area contributed by atoms with Crippen molar-refractivity contribution in [1.82, 2.24) is 20.4 Å². The van der Waals surface area contributed by atoms with Crippen molar-refractivity contribution in [2.24, 2.45) is 4.99 Å². The molecule has 32 heavy (non-hydrogen) atoms. The van der Waals surface area contributed by atoms with Crippen molar-refractivity contribution in [2.75, 3.05) is 26.2 Å². The molecule has 2 saturated heterocycles. The van der Waals surface area contributed by atoms with Crippen molar-refractivity contribution < 1.29 is 14.3 Å². The standard InChI is InChI=1S/C23H35N5O3.HI/c1-5-24-21(26-19-15-28(16-19)22(30)31-23(2,3)4)25-13-17-8-6-9-18(12-17)14-27-11-7-10-20(27)29;/h6,8-9,12,19H,5,7,10-11,13-16H2,1-4H3,(H2,24,25,26);1H. The zero-order valence-electron chi connectivity index (χ0n) is 19.5. The molecule has 1 aromatic rings. The normalized spacial score (nSPS) is 17.0. The summed E-state index contributed by atoms with van der Waals surface area (Å²) in [7, 11) is 0. The van der Waals surface area contributed by atoms with Gasteiger partial charge < -0.3 is 25.2 Å². The molecule has 0 atom stereocenters. The molecule has 0 bridgehead atoms. The Labute approximate surface area is 208 Å². The van der Waals surface area contributed by atoms with Crippen LogP contribution in [0.2, 0.25) is 0 Å². The molecule has 8 nitrogen and oxygen atoms in total. The Morgan fingerprint density at radius 1 is 1.25 bits per heavy atom. The Hall–Kier alpha value is -2.04. The molecule has 0 unspecified atom stereocenters. The first kappa shape index (κ1) is 26.2. The van der Waals surface area contributed by atoms with Gasteiger partial charge in [-0.05, 0) is 45.2 Å². The van der Waals surface area contributed by atoms with Crippen LogP contribution in [0.25, 0.3) is 0 Å². The number of hydrogen-bond acceptors (Lipinski definition) is 4. The van der Waals surface area contributed by atoms with E-state index < -0.39 is 5.60 Å². The number of guanidine groups is 1. The molecule has 0 aliphatic carbocycles. The molecule has 2 aliphatic rings. The smallest absolute Gasteiger partial charge is 0.410 e. The minimum atomic E-state index is -0.484. The highest BCUT2D eigenvalue weighted by atomic mass is 127. The Balaban J connectivity index is 0.00000363. The number of carbonyl (C=O) groups excluding carboxylic acids is 2. The van der Waals surface area contributed by atoms with Gasteiger partial charge in [0.15, 0.2) is 5.96 Å². The average molecular weight is 557 g/mol. The van der Waals surface area contributed by atoms with E-state index in [2.05, 4.69) is 28.8 Å². The molecule has 9 heteroatoms. The van der Waals surface area contributed by atoms with Gasteiger partial charge in [-0.2, -0.15) is 0 Å². The van der Waals surface area contributed by atoms with Gasteiger partial charge in [-0.1, -0.05) is 24.3 Å². The predicted octanol–water partition coefficient (Wildman–Crippen LogP) is 3.10. The summed E-state index contributed by atoms with van der Waals surface area (Å²) < 4.78 is 5.40. The number of ether oxygens (including phenoxy) is 1. The molecule has 0 radical (unpaired) electrons. The molecule has 3 rings (SSSR count). The van der Waals surface area contributed by atoms with E-state index in [1.807, 2.05) is 38.7 Å². The summed E-state index contributed by atoms with van der Waals surface area (Å²) >= 11 is 0. The molecule has 0 aromatic heterocycles. The van der Waals surface area contributed by atoms with Crippen LogP contribution in [0.1, 0.15) is 51.7 Å². The number of rotatable bonds is 6. The maximum atomic E-state index is 12.1. The molecule has 2 amide bonds. The van der Waals surface area contributed by atoms with Crippen molar-refractivity contribution in [2.45, 2.75) is 65.3 Å². The number of hydrogen-bond donors (Lipinski definition) is 2. The summed E-state index contributed by atoms with van der Waals surface area (Å²) in [6.07, 6.45) is 1.34. The summed E-state index contributed by atoms with van der Waals surface area (Å²) in [6.45, 7) is 11.6. The zero-order chi connectivity index (χ0) is 22.4. The number of nitrogens with one attached hydrogen (secondary N) is 2. The second-order valence-electron chi connectivity index (χ2n) is 9.16. The van der Waals surface area contributed by atoms with Crippen LogP contribution in [0.15, 0.2) is 29.3 Å². The van der Waals surface area contributed by atoms with Crippen LogP contribution in [0, 0.1) is 0 Å². The molecule has 0 saturated carbocycles. The molecule has 2 N–H and O–H groups in total. The first-order valence-corrected chi connectivity index (χ1v) is 11.1. The van der Waals surface area contributed by atoms with E-state index in [9.17, 15) is 9.59 Å². The molecule has 0 spiro atoms. The lowest BCUT2D eigenvalue weighted by atomic mass is 10.1. The van der Waals surface area contributed by atoms with Gasteiger partial charge in [0.25, 0.3) is 0 Å². The molecule has 2 heterocycles. The fourth-order valence-electron chi connectivity index (χ4n) is 3.65. The lowest BCUT2D eigenvalue weighted by molar-refractivity contribution is -0.128. The molecular weight excluding hydrogens is 521 g/mol. The van der Waals surface area contributed by atoms with Gasteiger partial charge in [-0.25, -0.2) is 9.79 Å². The van der Waals surface area contributed by atoms with Crippen LogP contribution < -0.4 is 10.6 Å². The maximum absolute atomic E-state index is 12.1. The van der Waals surface area contributed by atoms with Gasteiger partial charge in [0, 0.05) is 39.1 Å². The highest BCUT2D eigenvalue weighted by molar-refractivity contribution is 14.0. The van der Waals surface area contributed by atoms with Crippen LogP contribution >= 0.6 is 24.0 Å². The highest BCUT2D eigenvalue weighted by Crippen LogP contribution is 2.17. The lowest BCUT2D eigenvalue weighted by Crippen LogP contribution is -2.63. The van der Waals surface area contributed by atoms with E-state index >= 15 is 0 Å². The third kappa shape index (κ3) is 7.83. The van der Waals surface area contributed by atoms with Crippen LogP contribution in [0.4, 0.5) is 4.79 Å². The predicted molar refractivity (Wildman–Crippen MR) is 136 cm³/mol. The Bertz CT molecular complexity index is 818. The van der Waals surface area contributed by atoms with Gasteiger partial charge in [0.2, 0.25) is 5.91 Å². The first-order valence-electron chi connectivity index (χ1n) is 11.1. The topological polar surface area (TPSA) is 86.3 Å². The van der Waals surface area contributed by atoms with E-state index in [4.69, 9.17) is 9.73 Å². The van der Waals surface area contributed by atoms with E-state index in [0.29, 0.717) is 32.6 Å². The average Bonchev–Trinajstić information content (AvgIpc) is 3.05. The Morgan fingerprint density at radius 2 is 1.97 bits per heavy atom. The number of carbonyl (C=O) groups is 2. The largest absolute Gasteiger partial charge is 0.444 e. The summed E-state index contributed by atoms with van der Waals surface area (Å²) in [5, 5.41) is 6.65. The van der Waals surface area contributed by atoms with Crippen LogP contribution in [-0.4, -0.2) is 65.6 Å². The Morgan fingerprint density at radius 3 is 2.59 bits per heavy atom. The van der Waals surface area contributed by atoms with Crippen molar-refractivity contribution in [1.29, 1.82) is 0 Å². The van der Waals surface area contributed by atoms with Gasteiger partial charge in [-0.15, -0.1) is 24.0 Å². The summed E-state index contributed by atoms with van der Waals surface area (Å²) in [5.41, 5.74) is 1.75. The minimum absolute atomic E-state index is 0. The number of aliphatic imine (C=N–C) groups is 1. The lowest BCUT2D eigenvalue weighted by Gasteiger charge is -2.40. The molecule has 178 valence electrons. The SMILES string of the molecule is CCNC(=NCc1cccc(CN2CCCC2=O)c1)NC1CN(C(=O)OC(C)(C)C)C1.I. The van der Waals surface area contributed by atoms with Crippen LogP contribution in [0.5, 0.6) is 0 Å². The van der Waals surface area contributed by atoms with Crippen molar-refractivity contribution in [3.63, 3.8) is 0 Å². The van der Waals surface area contributed by atoms with Gasteiger partial charge >= 0.3 is 6.09 Å². The van der Waals surface area contributed by atoms with Crippen molar-refractivity contribution in [3.8, 4) is 0 Å². The van der Waals surface area contributed by atoms with Crippen LogP contribution in [0.3, 0.4) is 0 Å². The fraction of sp³-hybridized carbons (Fsp3) is 0.609. The van der Waals surface area contributed by atoms with Crippen LogP contribution in [-0.2, 0) is 22.6 Å². The first-order chi connectivity index (χ1) is 14.7. The number of benzene rings is 1. The van der Waals surface area contributed by atoms with Gasteiger partial charge in [0.1, 0.15) is 5.60 Å². The summed E-state index contributed by atoms with van der Waals surface area (Å²) in [5.74, 6) is 0.972. The fourth-order valence-corrected chi connectivity index (χ4v) is 3.65. The minimum Gasteiger partial charge on any atom is -0.444 e. The second-order valence-corrected chi connectivity index (χ2v) is 9.16. The maximum Gasteiger partial charge on any atom is 0.410 e. The monoisotopic (exact) mass is 557 g/mol. The van der Waals surface area contributed by atoms with Crippen molar-refractivity contribution >= 4 is 41.9 Å². The number of likely N-dealkylation sites (tertiary alicyclic amines) is 2. The van der Waals surface area contributed by atoms with E-state index in [-0.39, 0.29) is 42.0 Å². The quantitative estimate of drug-likeness (QED) is 0.319. The van der Waals surface area contributed by atoms with E-state index in [1.165, 1.54) is 0 Å². The number of amides is 2. The van der Waals surface area contributed by atoms with Crippen molar-refractivity contribution in [3.05, 3.63) is 35.4 Å². The highest BCUT2D eigenvalue weighted by Gasteiger charge is 2.34. The number of halogens is 1. The second kappa shape index (κ2) is 11.7. The third-order valence-corrected chi connectivity index (χ3v) is 5.17. The summed E-state index contributed by atoms with van der Waals surface area (Å²) in [6, 6.07) is 8.40. The van der Waals surface area contributed by atoms with E-state index in [0.717, 1.165) is 36.6 Å². The van der Waals surface area contributed by atoms with Gasteiger partial charge in [0.05, 0.1) is 12.6 Å². The molecule has 2 fully saturated rings. The Kier molecular flexibility index (Phi) is 9.60. The van der Waals surface area contributed by atoms with Gasteiger partial charge in [-0.3, -0.25) is 4.79 Å². The van der Waals surface area contributed by atoms with E-state index in [1.54, 1.807) is 4.90 Å². The molecule has 2 aliphatic heterocycles. The molecular formula is C23H36IN5O3. The number of nitrogens with zero attached hydrogens (tertiary/aromatic N) is 3. The third-order valence-electron chi connectivity index (χ3n) is 5.17. The summed E-state index contributed by atoms with van der Waals surface area (Å²) in [4.78, 5) is 32.3.